The van der Waals surface area contributed by atoms with Crippen LogP contribution >= 0.6 is 0 Å². The van der Waals surface area contributed by atoms with E-state index in [4.69, 9.17) is 0 Å². The van der Waals surface area contributed by atoms with Crippen molar-refractivity contribution in [3.8, 4) is 0 Å². The fraction of sp³-hybridized carbons (Fsp3) is 0.529. The number of amides is 1. The van der Waals surface area contributed by atoms with E-state index in [1.807, 2.05) is 45.9 Å². The Morgan fingerprint density at radius 1 is 1.33 bits per heavy atom. The quantitative estimate of drug-likeness (QED) is 0.930. The van der Waals surface area contributed by atoms with Gasteiger partial charge in [-0.05, 0) is 45.2 Å². The van der Waals surface area contributed by atoms with E-state index in [-0.39, 0.29) is 18.0 Å². The van der Waals surface area contributed by atoms with E-state index in [1.54, 1.807) is 4.90 Å². The van der Waals surface area contributed by atoms with Crippen LogP contribution in [0.3, 0.4) is 0 Å². The summed E-state index contributed by atoms with van der Waals surface area (Å²) in [6.07, 6.45) is 0.728. The number of hydrogen-bond acceptors (Lipinski definition) is 2. The van der Waals surface area contributed by atoms with Gasteiger partial charge < -0.3 is 10.0 Å². The van der Waals surface area contributed by atoms with Gasteiger partial charge in [-0.2, -0.15) is 0 Å². The highest BCUT2D eigenvalue weighted by Crippen LogP contribution is 2.39. The minimum Gasteiger partial charge on any atom is -0.481 e. The van der Waals surface area contributed by atoms with Gasteiger partial charge >= 0.3 is 5.97 Å². The van der Waals surface area contributed by atoms with Gasteiger partial charge in [0.1, 0.15) is 0 Å². The maximum Gasteiger partial charge on any atom is 0.308 e. The lowest BCUT2D eigenvalue weighted by Gasteiger charge is -2.42. The Labute approximate surface area is 125 Å². The van der Waals surface area contributed by atoms with Crippen LogP contribution in [0.2, 0.25) is 0 Å². The number of nitrogens with zero attached hydrogens (tertiary/aromatic N) is 1. The predicted molar refractivity (Wildman–Crippen MR) is 81.0 cm³/mol. The van der Waals surface area contributed by atoms with Crippen LogP contribution in [-0.2, 0) is 9.59 Å². The molecule has 1 aromatic carbocycles. The molecule has 1 heterocycles. The van der Waals surface area contributed by atoms with Crippen molar-refractivity contribution >= 4 is 11.9 Å². The second-order valence-electron chi connectivity index (χ2n) is 6.18. The Kier molecular flexibility index (Phi) is 4.35. The van der Waals surface area contributed by atoms with Gasteiger partial charge in [0, 0.05) is 12.5 Å². The molecule has 2 unspecified atom stereocenters. The van der Waals surface area contributed by atoms with Crippen molar-refractivity contribution in [2.24, 2.45) is 5.92 Å². The molecule has 2 atom stereocenters. The molecule has 1 aliphatic rings. The summed E-state index contributed by atoms with van der Waals surface area (Å²) < 4.78 is 0. The SMILES string of the molecule is Cc1ccc(C2C(C(=O)O)CCC(=O)N2C(C)C)c(C)c1. The van der Waals surface area contributed by atoms with Crippen molar-refractivity contribution in [1.29, 1.82) is 0 Å². The second kappa shape index (κ2) is 5.88. The Hall–Kier alpha value is -1.84. The number of aliphatic carboxylic acids is 1. The molecule has 4 heteroatoms. The lowest BCUT2D eigenvalue weighted by Crippen LogP contribution is -2.48. The largest absolute Gasteiger partial charge is 0.481 e. The minimum atomic E-state index is -0.821. The van der Waals surface area contributed by atoms with Gasteiger partial charge in [-0.3, -0.25) is 9.59 Å². The van der Waals surface area contributed by atoms with Crippen LogP contribution in [0.4, 0.5) is 0 Å². The number of likely N-dealkylation sites (tertiary alicyclic amines) is 1. The van der Waals surface area contributed by atoms with E-state index >= 15 is 0 Å². The summed E-state index contributed by atoms with van der Waals surface area (Å²) in [7, 11) is 0. The van der Waals surface area contributed by atoms with Gasteiger partial charge in [-0.25, -0.2) is 0 Å². The van der Waals surface area contributed by atoms with Crippen LogP contribution < -0.4 is 0 Å². The third kappa shape index (κ3) is 2.94. The average molecular weight is 289 g/mol. The van der Waals surface area contributed by atoms with Crippen LogP contribution in [-0.4, -0.2) is 27.9 Å². The van der Waals surface area contributed by atoms with Gasteiger partial charge in [0.2, 0.25) is 5.91 Å². The fourth-order valence-corrected chi connectivity index (χ4v) is 3.31. The van der Waals surface area contributed by atoms with Gasteiger partial charge in [0.05, 0.1) is 12.0 Å². The zero-order chi connectivity index (χ0) is 15.7. The Morgan fingerprint density at radius 2 is 2.00 bits per heavy atom. The first-order valence-electron chi connectivity index (χ1n) is 7.44. The summed E-state index contributed by atoms with van der Waals surface area (Å²) >= 11 is 0. The molecule has 1 saturated heterocycles. The van der Waals surface area contributed by atoms with E-state index in [0.29, 0.717) is 12.8 Å². The second-order valence-corrected chi connectivity index (χ2v) is 6.18. The first-order valence-corrected chi connectivity index (χ1v) is 7.44. The third-order valence-corrected chi connectivity index (χ3v) is 4.26. The Bertz CT molecular complexity index is 565. The van der Waals surface area contributed by atoms with Gasteiger partial charge in [-0.1, -0.05) is 23.8 Å². The summed E-state index contributed by atoms with van der Waals surface area (Å²) in [5.41, 5.74) is 3.14. The van der Waals surface area contributed by atoms with E-state index in [9.17, 15) is 14.7 Å². The van der Waals surface area contributed by atoms with Crippen LogP contribution in [0, 0.1) is 19.8 Å². The van der Waals surface area contributed by atoms with Crippen LogP contribution in [0.25, 0.3) is 0 Å². The highest BCUT2D eigenvalue weighted by molar-refractivity contribution is 5.82. The molecule has 0 radical (unpaired) electrons. The van der Waals surface area contributed by atoms with E-state index in [2.05, 4.69) is 0 Å². The minimum absolute atomic E-state index is 0.00893. The molecule has 21 heavy (non-hydrogen) atoms. The maximum absolute atomic E-state index is 12.3. The molecule has 114 valence electrons. The molecule has 0 bridgehead atoms. The summed E-state index contributed by atoms with van der Waals surface area (Å²) in [5.74, 6) is -1.31. The predicted octanol–water partition coefficient (Wildman–Crippen LogP) is 3.08. The van der Waals surface area contributed by atoms with Crippen molar-refractivity contribution in [3.63, 3.8) is 0 Å². The normalized spacial score (nSPS) is 22.7. The molecule has 0 aromatic heterocycles. The number of rotatable bonds is 3. The van der Waals surface area contributed by atoms with Crippen molar-refractivity contribution in [2.75, 3.05) is 0 Å². The third-order valence-electron chi connectivity index (χ3n) is 4.26. The molecule has 1 amide bonds. The van der Waals surface area contributed by atoms with E-state index in [0.717, 1.165) is 16.7 Å². The van der Waals surface area contributed by atoms with Crippen LogP contribution in [0.15, 0.2) is 18.2 Å². The first kappa shape index (κ1) is 15.5. The molecule has 1 N–H and O–H groups in total. The van der Waals surface area contributed by atoms with Crippen molar-refractivity contribution in [3.05, 3.63) is 34.9 Å². The molecular weight excluding hydrogens is 266 g/mol. The fourth-order valence-electron chi connectivity index (χ4n) is 3.31. The average Bonchev–Trinajstić information content (AvgIpc) is 2.37. The molecule has 1 aromatic rings. The Balaban J connectivity index is 2.54. The molecular formula is C17H23NO3. The molecule has 0 spiro atoms. The number of aryl methyl sites for hydroxylation is 2. The zero-order valence-corrected chi connectivity index (χ0v) is 13.1. The summed E-state index contributed by atoms with van der Waals surface area (Å²) in [4.78, 5) is 25.7. The zero-order valence-electron chi connectivity index (χ0n) is 13.1. The molecule has 2 rings (SSSR count). The summed E-state index contributed by atoms with van der Waals surface area (Å²) in [6.45, 7) is 7.88. The smallest absolute Gasteiger partial charge is 0.308 e. The highest BCUT2D eigenvalue weighted by atomic mass is 16.4. The number of carboxylic acids is 1. The number of carbonyl (C=O) groups excluding carboxylic acids is 1. The standard InChI is InChI=1S/C17H23NO3/c1-10(2)18-15(19)8-7-14(17(20)21)16(18)13-6-5-11(3)9-12(13)4/h5-6,9-10,14,16H,7-8H2,1-4H3,(H,20,21). The summed E-state index contributed by atoms with van der Waals surface area (Å²) in [5, 5.41) is 9.56. The Morgan fingerprint density at radius 3 is 2.52 bits per heavy atom. The number of hydrogen-bond donors (Lipinski definition) is 1. The maximum atomic E-state index is 12.3. The molecule has 0 aliphatic carbocycles. The number of piperidine rings is 1. The van der Waals surface area contributed by atoms with Crippen molar-refractivity contribution in [2.45, 2.75) is 52.6 Å². The van der Waals surface area contributed by atoms with Crippen LogP contribution in [0.5, 0.6) is 0 Å². The molecule has 4 nitrogen and oxygen atoms in total. The number of carboxylic acid groups (broad SMARTS) is 1. The van der Waals surface area contributed by atoms with Crippen LogP contribution in [0.1, 0.15) is 49.4 Å². The topological polar surface area (TPSA) is 57.6 Å². The number of benzene rings is 1. The molecule has 1 aliphatic heterocycles. The lowest BCUT2D eigenvalue weighted by atomic mass is 9.81. The van der Waals surface area contributed by atoms with Gasteiger partial charge in [0.15, 0.2) is 0 Å². The van der Waals surface area contributed by atoms with Crippen molar-refractivity contribution in [1.82, 2.24) is 4.90 Å². The van der Waals surface area contributed by atoms with Crippen molar-refractivity contribution < 1.29 is 14.7 Å². The monoisotopic (exact) mass is 289 g/mol. The number of carbonyl (C=O) groups is 2. The molecule has 1 fully saturated rings. The van der Waals surface area contributed by atoms with Gasteiger partial charge in [0.25, 0.3) is 0 Å². The molecule has 0 saturated carbocycles. The van der Waals surface area contributed by atoms with E-state index in [1.165, 1.54) is 0 Å². The van der Waals surface area contributed by atoms with E-state index < -0.39 is 11.9 Å². The highest BCUT2D eigenvalue weighted by Gasteiger charge is 2.42. The summed E-state index contributed by atoms with van der Waals surface area (Å²) in [6, 6.07) is 5.62. The van der Waals surface area contributed by atoms with Gasteiger partial charge in [-0.15, -0.1) is 0 Å². The first-order chi connectivity index (χ1) is 9.82. The lowest BCUT2D eigenvalue weighted by molar-refractivity contribution is -0.153.